The fourth-order valence-electron chi connectivity index (χ4n) is 2.80. The van der Waals surface area contributed by atoms with Crippen molar-refractivity contribution in [3.8, 4) is 17.5 Å². The normalized spacial score (nSPS) is 10.1. The highest BCUT2D eigenvalue weighted by Crippen LogP contribution is 2.20. The summed E-state index contributed by atoms with van der Waals surface area (Å²) in [6, 6.07) is 20.1. The van der Waals surface area contributed by atoms with E-state index in [-0.39, 0.29) is 24.4 Å². The molecule has 0 aliphatic heterocycles. The summed E-state index contributed by atoms with van der Waals surface area (Å²) in [7, 11) is 1.42. The average Bonchev–Trinajstić information content (AvgIpc) is 3.24. The minimum atomic E-state index is -0.775. The molecular weight excluding hydrogens is 384 g/mol. The van der Waals surface area contributed by atoms with Crippen molar-refractivity contribution in [1.29, 1.82) is 5.26 Å². The Hall–Kier alpha value is -4.12. The predicted molar refractivity (Wildman–Crippen MR) is 109 cm³/mol. The van der Waals surface area contributed by atoms with Gasteiger partial charge in [0.1, 0.15) is 0 Å². The van der Waals surface area contributed by atoms with E-state index in [1.807, 2.05) is 42.5 Å². The van der Waals surface area contributed by atoms with E-state index < -0.39 is 18.5 Å². The van der Waals surface area contributed by atoms with Gasteiger partial charge in [-0.3, -0.25) is 4.79 Å². The summed E-state index contributed by atoms with van der Waals surface area (Å²) < 4.78 is 11.9. The zero-order valence-electron chi connectivity index (χ0n) is 16.4. The van der Waals surface area contributed by atoms with Crippen molar-refractivity contribution >= 4 is 17.6 Å². The van der Waals surface area contributed by atoms with Crippen LogP contribution in [0, 0.1) is 11.3 Å². The lowest BCUT2D eigenvalue weighted by Gasteiger charge is -2.21. The second kappa shape index (κ2) is 9.89. The van der Waals surface area contributed by atoms with Crippen LogP contribution in [0.5, 0.6) is 5.75 Å². The molecule has 1 amide bonds. The lowest BCUT2D eigenvalue weighted by Crippen LogP contribution is -2.35. The molecule has 0 fully saturated rings. The number of rotatable bonds is 8. The molecule has 30 heavy (non-hydrogen) atoms. The van der Waals surface area contributed by atoms with Crippen LogP contribution in [0.15, 0.2) is 66.9 Å². The molecule has 0 unspecified atom stereocenters. The van der Waals surface area contributed by atoms with Crippen LogP contribution in [-0.4, -0.2) is 41.9 Å². The van der Waals surface area contributed by atoms with Crippen LogP contribution in [0.1, 0.15) is 16.9 Å². The number of carbonyl (C=O) groups is 2. The topological polar surface area (TPSA) is 97.5 Å². The van der Waals surface area contributed by atoms with Crippen molar-refractivity contribution in [2.24, 2.45) is 0 Å². The number of esters is 1. The van der Waals surface area contributed by atoms with E-state index in [4.69, 9.17) is 14.7 Å². The number of nitrogens with zero attached hydrogens (tertiary/aromatic N) is 4. The van der Waals surface area contributed by atoms with Gasteiger partial charge in [0, 0.05) is 12.2 Å². The quantitative estimate of drug-likeness (QED) is 0.536. The first kappa shape index (κ1) is 20.6. The monoisotopic (exact) mass is 404 g/mol. The minimum Gasteiger partial charge on any atom is -0.493 e. The molecule has 8 heteroatoms. The maximum atomic E-state index is 12.6. The van der Waals surface area contributed by atoms with Gasteiger partial charge in [0.15, 0.2) is 12.4 Å². The molecule has 3 rings (SSSR count). The van der Waals surface area contributed by atoms with Crippen LogP contribution in [0.25, 0.3) is 5.69 Å². The highest BCUT2D eigenvalue weighted by Gasteiger charge is 2.23. The van der Waals surface area contributed by atoms with Gasteiger partial charge in [-0.2, -0.15) is 10.4 Å². The summed E-state index contributed by atoms with van der Waals surface area (Å²) in [6.45, 7) is -0.288. The first-order chi connectivity index (χ1) is 14.6. The first-order valence-electron chi connectivity index (χ1n) is 9.22. The van der Waals surface area contributed by atoms with Gasteiger partial charge >= 0.3 is 5.97 Å². The molecule has 0 bridgehead atoms. The molecule has 0 aliphatic rings. The van der Waals surface area contributed by atoms with Crippen LogP contribution in [0.2, 0.25) is 0 Å². The lowest BCUT2D eigenvalue weighted by atomic mass is 10.2. The molecule has 0 saturated carbocycles. The van der Waals surface area contributed by atoms with Gasteiger partial charge in [-0.15, -0.1) is 0 Å². The highest BCUT2D eigenvalue weighted by molar-refractivity contribution is 5.97. The number of hydrogen-bond acceptors (Lipinski definition) is 6. The van der Waals surface area contributed by atoms with E-state index in [0.717, 1.165) is 5.69 Å². The van der Waals surface area contributed by atoms with E-state index in [1.165, 1.54) is 16.7 Å². The number of benzene rings is 2. The van der Waals surface area contributed by atoms with Crippen molar-refractivity contribution in [2.75, 3.05) is 25.2 Å². The number of carbonyl (C=O) groups excluding carboxylic acids is 2. The van der Waals surface area contributed by atoms with Gasteiger partial charge in [-0.25, -0.2) is 9.48 Å². The number of nitriles is 1. The fraction of sp³-hybridized carbons (Fsp3) is 0.182. The molecule has 0 saturated heterocycles. The smallest absolute Gasteiger partial charge is 0.363 e. The summed E-state index contributed by atoms with van der Waals surface area (Å²) in [5.74, 6) is -0.977. The van der Waals surface area contributed by atoms with Gasteiger partial charge < -0.3 is 14.4 Å². The summed E-state index contributed by atoms with van der Waals surface area (Å²) in [5.41, 5.74) is 1.34. The number of methoxy groups -OCH3 is 1. The van der Waals surface area contributed by atoms with Crippen LogP contribution >= 0.6 is 0 Å². The maximum absolute atomic E-state index is 12.6. The van der Waals surface area contributed by atoms with E-state index in [0.29, 0.717) is 5.69 Å². The molecule has 0 spiro atoms. The van der Waals surface area contributed by atoms with Crippen LogP contribution < -0.4 is 9.64 Å². The zero-order chi connectivity index (χ0) is 21.3. The molecule has 8 nitrogen and oxygen atoms in total. The maximum Gasteiger partial charge on any atom is 0.363 e. The Morgan fingerprint density at radius 3 is 2.40 bits per heavy atom. The Labute approximate surface area is 173 Å². The molecular formula is C22H20N4O4. The molecule has 2 aromatic carbocycles. The zero-order valence-corrected chi connectivity index (χ0v) is 16.4. The van der Waals surface area contributed by atoms with Gasteiger partial charge in [0.2, 0.25) is 5.69 Å². The van der Waals surface area contributed by atoms with E-state index in [1.54, 1.807) is 30.5 Å². The molecule has 152 valence electrons. The van der Waals surface area contributed by atoms with Crippen LogP contribution in [0.3, 0.4) is 0 Å². The third kappa shape index (κ3) is 4.83. The standard InChI is InChI=1S/C22H20N4O4/c1-29-19-15-26(18-11-6-3-7-12-18)24-21(19)22(28)30-16-20(27)25(14-8-13-23)17-9-4-2-5-10-17/h2-7,9-12,15H,8,14,16H2,1H3. The number of amides is 1. The Kier molecular flexibility index (Phi) is 6.79. The van der Waals surface area contributed by atoms with Gasteiger partial charge in [0.25, 0.3) is 5.91 Å². The van der Waals surface area contributed by atoms with Gasteiger partial charge in [-0.05, 0) is 24.3 Å². The average molecular weight is 404 g/mol. The Balaban J connectivity index is 1.72. The molecule has 1 heterocycles. The Morgan fingerprint density at radius 2 is 1.77 bits per heavy atom. The van der Waals surface area contributed by atoms with Crippen LogP contribution in [0.4, 0.5) is 5.69 Å². The van der Waals surface area contributed by atoms with Crippen molar-refractivity contribution in [3.63, 3.8) is 0 Å². The molecule has 1 aromatic heterocycles. The van der Waals surface area contributed by atoms with Crippen molar-refractivity contribution in [3.05, 3.63) is 72.6 Å². The van der Waals surface area contributed by atoms with Gasteiger partial charge in [-0.1, -0.05) is 36.4 Å². The number of para-hydroxylation sites is 2. The number of anilines is 1. The van der Waals surface area contributed by atoms with Crippen molar-refractivity contribution in [2.45, 2.75) is 6.42 Å². The second-order valence-corrected chi connectivity index (χ2v) is 6.19. The Morgan fingerprint density at radius 1 is 1.10 bits per heavy atom. The summed E-state index contributed by atoms with van der Waals surface area (Å²) in [4.78, 5) is 26.6. The lowest BCUT2D eigenvalue weighted by molar-refractivity contribution is -0.121. The molecule has 0 atom stereocenters. The molecule has 0 N–H and O–H groups in total. The first-order valence-corrected chi connectivity index (χ1v) is 9.22. The van der Waals surface area contributed by atoms with E-state index in [2.05, 4.69) is 5.10 Å². The molecule has 0 radical (unpaired) electrons. The summed E-state index contributed by atoms with van der Waals surface area (Å²) >= 11 is 0. The van der Waals surface area contributed by atoms with Gasteiger partial charge in [0.05, 0.1) is 31.5 Å². The second-order valence-electron chi connectivity index (χ2n) is 6.19. The number of ether oxygens (including phenoxy) is 2. The van der Waals surface area contributed by atoms with Crippen molar-refractivity contribution in [1.82, 2.24) is 9.78 Å². The summed E-state index contributed by atoms with van der Waals surface area (Å²) in [5, 5.41) is 13.1. The fourth-order valence-corrected chi connectivity index (χ4v) is 2.80. The van der Waals surface area contributed by atoms with E-state index in [9.17, 15) is 9.59 Å². The highest BCUT2D eigenvalue weighted by atomic mass is 16.5. The predicted octanol–water partition coefficient (Wildman–Crippen LogP) is 2.98. The third-order valence-corrected chi connectivity index (χ3v) is 4.26. The number of aromatic nitrogens is 2. The SMILES string of the molecule is COc1cn(-c2ccccc2)nc1C(=O)OCC(=O)N(CCC#N)c1ccccc1. The number of hydrogen-bond donors (Lipinski definition) is 0. The summed E-state index contributed by atoms with van der Waals surface area (Å²) in [6.07, 6.45) is 1.72. The van der Waals surface area contributed by atoms with Crippen molar-refractivity contribution < 1.29 is 19.1 Å². The Bertz CT molecular complexity index is 1040. The largest absolute Gasteiger partial charge is 0.493 e. The molecule has 0 aliphatic carbocycles. The minimum absolute atomic E-state index is 0.0301. The third-order valence-electron chi connectivity index (χ3n) is 4.26. The van der Waals surface area contributed by atoms with Crippen LogP contribution in [-0.2, 0) is 9.53 Å². The van der Waals surface area contributed by atoms with E-state index >= 15 is 0 Å². The molecule has 3 aromatic rings.